The summed E-state index contributed by atoms with van der Waals surface area (Å²) in [6.07, 6.45) is -0.758. The lowest BCUT2D eigenvalue weighted by Gasteiger charge is -2.13. The highest BCUT2D eigenvalue weighted by molar-refractivity contribution is 6.35. The first-order chi connectivity index (χ1) is 10.9. The highest BCUT2D eigenvalue weighted by Crippen LogP contribution is 2.30. The molecule has 0 bridgehead atoms. The molecule has 0 aliphatic carbocycles. The van der Waals surface area contributed by atoms with E-state index in [1.807, 2.05) is 26.0 Å². The van der Waals surface area contributed by atoms with Gasteiger partial charge in [-0.15, -0.1) is 0 Å². The molecule has 1 heterocycles. The van der Waals surface area contributed by atoms with Crippen LogP contribution in [0.1, 0.15) is 30.0 Å². The normalized spacial score (nSPS) is 12.8. The van der Waals surface area contributed by atoms with Gasteiger partial charge in [0.2, 0.25) is 0 Å². The predicted octanol–water partition coefficient (Wildman–Crippen LogP) is 3.16. The van der Waals surface area contributed by atoms with Crippen LogP contribution in [-0.4, -0.2) is 36.9 Å². The number of hydrogen-bond acceptors (Lipinski definition) is 4. The Bertz CT molecular complexity index is 681. The summed E-state index contributed by atoms with van der Waals surface area (Å²) in [6.45, 7) is 6.73. The van der Waals surface area contributed by atoms with E-state index in [2.05, 4.69) is 5.32 Å². The molecule has 1 aromatic carbocycles. The standard InChI is InChI=1S/C17H22ClNO4/c1-10(2)8-22-9-12(20)7-19-17(21)15-11(3)13-5-4-6-14(18)16(13)23-15/h4-6,10,12,20H,7-9H2,1-3H3,(H,19,21). The number of benzene rings is 1. The molecule has 126 valence electrons. The van der Waals surface area contributed by atoms with Crippen molar-refractivity contribution in [1.29, 1.82) is 0 Å². The molecular weight excluding hydrogens is 318 g/mol. The highest BCUT2D eigenvalue weighted by Gasteiger charge is 2.19. The zero-order valence-electron chi connectivity index (χ0n) is 13.6. The second-order valence-electron chi connectivity index (χ2n) is 5.97. The Labute approximate surface area is 140 Å². The van der Waals surface area contributed by atoms with Gasteiger partial charge < -0.3 is 19.6 Å². The first kappa shape index (κ1) is 17.8. The van der Waals surface area contributed by atoms with E-state index < -0.39 is 6.10 Å². The Morgan fingerprint density at radius 3 is 2.78 bits per heavy atom. The van der Waals surface area contributed by atoms with E-state index in [0.717, 1.165) is 10.9 Å². The van der Waals surface area contributed by atoms with Crippen LogP contribution in [0.25, 0.3) is 11.0 Å². The summed E-state index contributed by atoms with van der Waals surface area (Å²) in [6, 6.07) is 5.38. The number of furan rings is 1. The van der Waals surface area contributed by atoms with Crippen LogP contribution >= 0.6 is 11.6 Å². The summed E-state index contributed by atoms with van der Waals surface area (Å²) in [7, 11) is 0. The summed E-state index contributed by atoms with van der Waals surface area (Å²) >= 11 is 6.08. The fourth-order valence-corrected chi connectivity index (χ4v) is 2.43. The second-order valence-corrected chi connectivity index (χ2v) is 6.38. The molecule has 2 N–H and O–H groups in total. The zero-order valence-corrected chi connectivity index (χ0v) is 14.3. The Morgan fingerprint density at radius 2 is 2.13 bits per heavy atom. The monoisotopic (exact) mass is 339 g/mol. The van der Waals surface area contributed by atoms with Gasteiger partial charge in [-0.1, -0.05) is 37.6 Å². The first-order valence-corrected chi connectivity index (χ1v) is 7.99. The Kier molecular flexibility index (Phi) is 6.04. The van der Waals surface area contributed by atoms with Gasteiger partial charge in [-0.3, -0.25) is 4.79 Å². The molecule has 0 fully saturated rings. The number of carbonyl (C=O) groups excluding carboxylic acids is 1. The van der Waals surface area contributed by atoms with Crippen molar-refractivity contribution in [1.82, 2.24) is 5.32 Å². The van der Waals surface area contributed by atoms with E-state index in [1.54, 1.807) is 13.0 Å². The molecule has 0 spiro atoms. The van der Waals surface area contributed by atoms with Crippen molar-refractivity contribution < 1.29 is 19.1 Å². The van der Waals surface area contributed by atoms with Gasteiger partial charge in [0.05, 0.1) is 17.7 Å². The summed E-state index contributed by atoms with van der Waals surface area (Å²) in [5.74, 6) is 0.237. The van der Waals surface area contributed by atoms with Crippen molar-refractivity contribution in [3.63, 3.8) is 0 Å². The van der Waals surface area contributed by atoms with Crippen molar-refractivity contribution >= 4 is 28.5 Å². The largest absolute Gasteiger partial charge is 0.449 e. The number of aliphatic hydroxyl groups excluding tert-OH is 1. The Balaban J connectivity index is 1.96. The summed E-state index contributed by atoms with van der Waals surface area (Å²) in [5, 5.41) is 13.7. The van der Waals surface area contributed by atoms with Gasteiger partial charge in [0.1, 0.15) is 0 Å². The van der Waals surface area contributed by atoms with Gasteiger partial charge in [0.25, 0.3) is 5.91 Å². The maximum atomic E-state index is 12.2. The number of rotatable bonds is 7. The minimum Gasteiger partial charge on any atom is -0.449 e. The molecule has 0 saturated heterocycles. The quantitative estimate of drug-likeness (QED) is 0.812. The number of para-hydroxylation sites is 1. The number of fused-ring (bicyclic) bond motifs is 1. The SMILES string of the molecule is Cc1c(C(=O)NCC(O)COCC(C)C)oc2c(Cl)cccc12. The van der Waals surface area contributed by atoms with Gasteiger partial charge in [0, 0.05) is 24.1 Å². The van der Waals surface area contributed by atoms with Crippen LogP contribution in [0.3, 0.4) is 0 Å². The molecule has 1 amide bonds. The number of halogens is 1. The molecule has 6 heteroatoms. The van der Waals surface area contributed by atoms with E-state index in [1.165, 1.54) is 0 Å². The molecule has 2 aromatic rings. The minimum absolute atomic E-state index is 0.0984. The summed E-state index contributed by atoms with van der Waals surface area (Å²) < 4.78 is 10.9. The maximum Gasteiger partial charge on any atom is 0.287 e. The molecular formula is C17H22ClNO4. The molecule has 1 atom stereocenters. The molecule has 0 aliphatic rings. The van der Waals surface area contributed by atoms with Crippen LogP contribution < -0.4 is 5.32 Å². The van der Waals surface area contributed by atoms with E-state index in [9.17, 15) is 9.90 Å². The van der Waals surface area contributed by atoms with Gasteiger partial charge in [-0.2, -0.15) is 0 Å². The third-order valence-corrected chi connectivity index (χ3v) is 3.68. The second kappa shape index (κ2) is 7.81. The van der Waals surface area contributed by atoms with Crippen LogP contribution in [0.15, 0.2) is 22.6 Å². The fourth-order valence-electron chi connectivity index (χ4n) is 2.21. The molecule has 2 rings (SSSR count). The maximum absolute atomic E-state index is 12.2. The molecule has 23 heavy (non-hydrogen) atoms. The molecule has 5 nitrogen and oxygen atoms in total. The Morgan fingerprint density at radius 1 is 1.39 bits per heavy atom. The van der Waals surface area contributed by atoms with Crippen LogP contribution in [0.4, 0.5) is 0 Å². The van der Waals surface area contributed by atoms with Crippen LogP contribution in [0, 0.1) is 12.8 Å². The first-order valence-electron chi connectivity index (χ1n) is 7.61. The summed E-state index contributed by atoms with van der Waals surface area (Å²) in [5.41, 5.74) is 1.23. The topological polar surface area (TPSA) is 71.7 Å². The lowest BCUT2D eigenvalue weighted by molar-refractivity contribution is 0.0257. The summed E-state index contributed by atoms with van der Waals surface area (Å²) in [4.78, 5) is 12.2. The molecule has 1 unspecified atom stereocenters. The third kappa shape index (κ3) is 4.47. The number of ether oxygens (including phenoxy) is 1. The van der Waals surface area contributed by atoms with Crippen molar-refractivity contribution in [3.8, 4) is 0 Å². The minimum atomic E-state index is -0.758. The molecule has 0 radical (unpaired) electrons. The smallest absolute Gasteiger partial charge is 0.287 e. The lowest BCUT2D eigenvalue weighted by Crippen LogP contribution is -2.34. The predicted molar refractivity (Wildman–Crippen MR) is 90.0 cm³/mol. The average molecular weight is 340 g/mol. The van der Waals surface area contributed by atoms with E-state index in [-0.39, 0.29) is 24.8 Å². The number of carbonyl (C=O) groups is 1. The van der Waals surface area contributed by atoms with Crippen LogP contribution in [0.2, 0.25) is 5.02 Å². The molecule has 1 aromatic heterocycles. The number of hydrogen-bond donors (Lipinski definition) is 2. The van der Waals surface area contributed by atoms with Crippen molar-refractivity contribution in [2.24, 2.45) is 5.92 Å². The van der Waals surface area contributed by atoms with E-state index in [0.29, 0.717) is 23.1 Å². The van der Waals surface area contributed by atoms with Gasteiger partial charge in [0.15, 0.2) is 11.3 Å². The number of aliphatic hydroxyl groups is 1. The van der Waals surface area contributed by atoms with Gasteiger partial charge in [-0.05, 0) is 18.9 Å². The van der Waals surface area contributed by atoms with Crippen LogP contribution in [0.5, 0.6) is 0 Å². The van der Waals surface area contributed by atoms with Gasteiger partial charge in [-0.25, -0.2) is 0 Å². The van der Waals surface area contributed by atoms with Crippen molar-refractivity contribution in [2.75, 3.05) is 19.8 Å². The zero-order chi connectivity index (χ0) is 17.0. The molecule has 0 aliphatic heterocycles. The average Bonchev–Trinajstić information content (AvgIpc) is 2.83. The number of nitrogens with one attached hydrogen (secondary N) is 1. The van der Waals surface area contributed by atoms with Crippen LogP contribution in [-0.2, 0) is 4.74 Å². The van der Waals surface area contributed by atoms with Crippen molar-refractivity contribution in [3.05, 3.63) is 34.5 Å². The Hall–Kier alpha value is -1.56. The number of amides is 1. The number of aryl methyl sites for hydroxylation is 1. The van der Waals surface area contributed by atoms with Gasteiger partial charge >= 0.3 is 0 Å². The fraction of sp³-hybridized carbons (Fsp3) is 0.471. The lowest BCUT2D eigenvalue weighted by atomic mass is 10.1. The highest BCUT2D eigenvalue weighted by atomic mass is 35.5. The molecule has 0 saturated carbocycles. The van der Waals surface area contributed by atoms with E-state index >= 15 is 0 Å². The van der Waals surface area contributed by atoms with E-state index in [4.69, 9.17) is 20.8 Å². The van der Waals surface area contributed by atoms with Crippen molar-refractivity contribution in [2.45, 2.75) is 26.9 Å². The third-order valence-electron chi connectivity index (χ3n) is 3.38.